The zero-order chi connectivity index (χ0) is 30.3. The summed E-state index contributed by atoms with van der Waals surface area (Å²) in [5.41, 5.74) is 0.523. The fourth-order valence-electron chi connectivity index (χ4n) is 7.87. The van der Waals surface area contributed by atoms with Gasteiger partial charge in [0.2, 0.25) is 17.6 Å². The molecule has 2 aromatic rings. The van der Waals surface area contributed by atoms with Crippen LogP contribution >= 0.6 is 0 Å². The first-order valence-electron chi connectivity index (χ1n) is 15.5. The molecule has 230 valence electrons. The average molecular weight is 589 g/mol. The van der Waals surface area contributed by atoms with Crippen LogP contribution in [0.25, 0.3) is 10.9 Å². The van der Waals surface area contributed by atoms with E-state index in [1.807, 2.05) is 0 Å². The van der Waals surface area contributed by atoms with Gasteiger partial charge in [-0.2, -0.15) is 13.2 Å². The van der Waals surface area contributed by atoms with Crippen molar-refractivity contribution >= 4 is 22.7 Å². The monoisotopic (exact) mass is 588 g/mol. The SMILES string of the molecule is CC1(C)[C@@H]2CC[C@@]1(C)[C@@H](NCCCCCCCCc1cccc3nc(C(F)(F)F)n([C@H]4CCC(=O)NC4=O)c(=O)c13)C2. The van der Waals surface area contributed by atoms with Gasteiger partial charge in [-0.25, -0.2) is 4.98 Å². The highest BCUT2D eigenvalue weighted by molar-refractivity contribution is 5.99. The maximum Gasteiger partial charge on any atom is 0.449 e. The Hall–Kier alpha value is -2.75. The smallest absolute Gasteiger partial charge is 0.313 e. The summed E-state index contributed by atoms with van der Waals surface area (Å²) in [4.78, 5) is 41.3. The van der Waals surface area contributed by atoms with Crippen LogP contribution in [0.1, 0.15) is 109 Å². The number of unbranched alkanes of at least 4 members (excludes halogenated alkanes) is 5. The van der Waals surface area contributed by atoms with Gasteiger partial charge in [-0.05, 0) is 79.9 Å². The molecule has 42 heavy (non-hydrogen) atoms. The summed E-state index contributed by atoms with van der Waals surface area (Å²) in [6.45, 7) is 8.39. The molecule has 1 aliphatic heterocycles. The van der Waals surface area contributed by atoms with Crippen molar-refractivity contribution in [1.82, 2.24) is 20.2 Å². The first-order valence-corrected chi connectivity index (χ1v) is 15.5. The summed E-state index contributed by atoms with van der Waals surface area (Å²) in [5, 5.41) is 6.01. The molecule has 2 aliphatic carbocycles. The second-order valence-corrected chi connectivity index (χ2v) is 13.4. The Morgan fingerprint density at radius 3 is 2.38 bits per heavy atom. The Morgan fingerprint density at radius 1 is 1.02 bits per heavy atom. The minimum absolute atomic E-state index is 0.0337. The largest absolute Gasteiger partial charge is 0.449 e. The second-order valence-electron chi connectivity index (χ2n) is 13.4. The van der Waals surface area contributed by atoms with Crippen LogP contribution in [-0.2, 0) is 22.2 Å². The van der Waals surface area contributed by atoms with Gasteiger partial charge in [0.1, 0.15) is 6.04 Å². The Kier molecular flexibility index (Phi) is 8.58. The lowest BCUT2D eigenvalue weighted by atomic mass is 9.69. The molecule has 1 saturated heterocycles. The van der Waals surface area contributed by atoms with E-state index in [4.69, 9.17) is 0 Å². The Morgan fingerprint density at radius 2 is 1.74 bits per heavy atom. The van der Waals surface area contributed by atoms with Crippen molar-refractivity contribution in [2.75, 3.05) is 6.54 Å². The second kappa shape index (κ2) is 11.7. The number of rotatable bonds is 11. The summed E-state index contributed by atoms with van der Waals surface area (Å²) in [6, 6.07) is 3.94. The maximum absolute atomic E-state index is 14.0. The molecule has 0 spiro atoms. The molecule has 2 heterocycles. The van der Waals surface area contributed by atoms with E-state index in [0.29, 0.717) is 33.4 Å². The summed E-state index contributed by atoms with van der Waals surface area (Å²) >= 11 is 0. The first kappa shape index (κ1) is 30.7. The van der Waals surface area contributed by atoms with Crippen LogP contribution in [0.5, 0.6) is 0 Å². The van der Waals surface area contributed by atoms with E-state index in [0.717, 1.165) is 51.0 Å². The van der Waals surface area contributed by atoms with Crippen molar-refractivity contribution in [3.05, 3.63) is 39.9 Å². The summed E-state index contributed by atoms with van der Waals surface area (Å²) in [5.74, 6) is -2.06. The lowest BCUT2D eigenvalue weighted by Crippen LogP contribution is -2.46. The van der Waals surface area contributed by atoms with Crippen molar-refractivity contribution in [2.24, 2.45) is 16.7 Å². The van der Waals surface area contributed by atoms with Gasteiger partial charge < -0.3 is 5.32 Å². The van der Waals surface area contributed by atoms with Crippen molar-refractivity contribution in [3.63, 3.8) is 0 Å². The number of fused-ring (bicyclic) bond motifs is 3. The quantitative estimate of drug-likeness (QED) is 0.245. The number of imide groups is 1. The van der Waals surface area contributed by atoms with Crippen LogP contribution in [0, 0.1) is 16.7 Å². The fourth-order valence-corrected chi connectivity index (χ4v) is 7.87. The van der Waals surface area contributed by atoms with Gasteiger partial charge in [0.05, 0.1) is 10.9 Å². The van der Waals surface area contributed by atoms with Crippen LogP contribution in [0.4, 0.5) is 13.2 Å². The van der Waals surface area contributed by atoms with Crippen LogP contribution in [0.3, 0.4) is 0 Å². The number of alkyl halides is 3. The number of piperidine rings is 1. The van der Waals surface area contributed by atoms with Crippen molar-refractivity contribution in [2.45, 2.75) is 116 Å². The molecule has 2 N–H and O–H groups in total. The average Bonchev–Trinajstić information content (AvgIpc) is 3.25. The lowest BCUT2D eigenvalue weighted by Gasteiger charge is -2.39. The predicted molar refractivity (Wildman–Crippen MR) is 155 cm³/mol. The highest BCUT2D eigenvalue weighted by Gasteiger charge is 2.60. The number of benzene rings is 1. The number of aryl methyl sites for hydroxylation is 1. The van der Waals surface area contributed by atoms with Gasteiger partial charge in [-0.15, -0.1) is 0 Å². The Bertz CT molecular complexity index is 1400. The predicted octanol–water partition coefficient (Wildman–Crippen LogP) is 6.08. The van der Waals surface area contributed by atoms with Gasteiger partial charge in [0.15, 0.2) is 0 Å². The van der Waals surface area contributed by atoms with Crippen molar-refractivity contribution in [3.8, 4) is 0 Å². The molecule has 2 saturated carbocycles. The normalized spacial score (nSPS) is 27.1. The third kappa shape index (κ3) is 5.63. The number of carbonyl (C=O) groups excluding carboxylic acids is 2. The zero-order valence-electron chi connectivity index (χ0n) is 24.9. The molecular formula is C32H43F3N4O3. The first-order chi connectivity index (χ1) is 19.8. The highest BCUT2D eigenvalue weighted by Crippen LogP contribution is 2.65. The number of amides is 2. The molecule has 2 amide bonds. The number of nitrogens with one attached hydrogen (secondary N) is 2. The molecule has 0 unspecified atom stereocenters. The zero-order valence-corrected chi connectivity index (χ0v) is 24.9. The molecule has 1 aromatic heterocycles. The summed E-state index contributed by atoms with van der Waals surface area (Å²) < 4.78 is 42.3. The Balaban J connectivity index is 1.15. The number of hydrogen-bond donors (Lipinski definition) is 2. The van der Waals surface area contributed by atoms with E-state index in [-0.39, 0.29) is 23.7 Å². The molecule has 10 heteroatoms. The third-order valence-corrected chi connectivity index (χ3v) is 10.8. The van der Waals surface area contributed by atoms with E-state index in [1.54, 1.807) is 12.1 Å². The summed E-state index contributed by atoms with van der Waals surface area (Å²) in [6.07, 6.45) is 5.47. The number of aromatic nitrogens is 2. The van der Waals surface area contributed by atoms with Gasteiger partial charge >= 0.3 is 6.18 Å². The van der Waals surface area contributed by atoms with Gasteiger partial charge in [-0.1, -0.05) is 58.6 Å². The summed E-state index contributed by atoms with van der Waals surface area (Å²) in [7, 11) is 0. The van der Waals surface area contributed by atoms with E-state index in [9.17, 15) is 27.6 Å². The third-order valence-electron chi connectivity index (χ3n) is 10.8. The number of nitrogens with zero attached hydrogens (tertiary/aromatic N) is 2. The molecule has 3 aliphatic rings. The van der Waals surface area contributed by atoms with Crippen LogP contribution in [-0.4, -0.2) is 34.0 Å². The lowest BCUT2D eigenvalue weighted by molar-refractivity contribution is -0.150. The standard InChI is InChI=1S/C32H43F3N4O3/c1-30(2)21-16-17-31(30,3)24(19-21)36-18-9-7-5-4-6-8-11-20-12-10-13-22-26(20)28(42)39(29(37-22)32(33,34)35)23-14-15-25(40)38-27(23)41/h10,12-13,21,23-24,36H,4-9,11,14-19H2,1-3H3,(H,38,40,41)/t21-,23+,24+,31+/m1/s1. The molecule has 5 rings (SSSR count). The van der Waals surface area contributed by atoms with E-state index in [2.05, 4.69) is 36.4 Å². The van der Waals surface area contributed by atoms with Crippen LogP contribution in [0.2, 0.25) is 0 Å². The van der Waals surface area contributed by atoms with E-state index < -0.39 is 35.4 Å². The molecule has 1 aromatic carbocycles. The molecule has 4 atom stereocenters. The molecule has 3 fully saturated rings. The number of hydrogen-bond acceptors (Lipinski definition) is 5. The van der Waals surface area contributed by atoms with Crippen LogP contribution in [0.15, 0.2) is 23.0 Å². The maximum atomic E-state index is 14.0. The van der Waals surface area contributed by atoms with Gasteiger partial charge in [0.25, 0.3) is 5.56 Å². The molecule has 7 nitrogen and oxygen atoms in total. The van der Waals surface area contributed by atoms with Crippen LogP contribution < -0.4 is 16.2 Å². The number of halogens is 3. The minimum atomic E-state index is -4.94. The molecule has 0 radical (unpaired) electrons. The van der Waals surface area contributed by atoms with Crippen molar-refractivity contribution < 1.29 is 22.8 Å². The van der Waals surface area contributed by atoms with Gasteiger partial charge in [-0.3, -0.25) is 24.3 Å². The van der Waals surface area contributed by atoms with E-state index in [1.165, 1.54) is 25.3 Å². The molecular weight excluding hydrogens is 545 g/mol. The topological polar surface area (TPSA) is 93.1 Å². The highest BCUT2D eigenvalue weighted by atomic mass is 19.4. The fraction of sp³-hybridized carbons (Fsp3) is 0.688. The Labute approximate surface area is 245 Å². The molecule has 2 bridgehead atoms. The van der Waals surface area contributed by atoms with Crippen molar-refractivity contribution in [1.29, 1.82) is 0 Å². The number of carbonyl (C=O) groups is 2. The van der Waals surface area contributed by atoms with Gasteiger partial charge in [0, 0.05) is 12.5 Å². The van der Waals surface area contributed by atoms with E-state index >= 15 is 0 Å². The minimum Gasteiger partial charge on any atom is -0.313 e.